The van der Waals surface area contributed by atoms with Crippen LogP contribution < -0.4 is 5.32 Å². The zero-order chi connectivity index (χ0) is 20.5. The lowest BCUT2D eigenvalue weighted by Gasteiger charge is -2.32. The van der Waals surface area contributed by atoms with Gasteiger partial charge in [-0.05, 0) is 18.9 Å². The van der Waals surface area contributed by atoms with Gasteiger partial charge in [0.05, 0.1) is 0 Å². The summed E-state index contributed by atoms with van der Waals surface area (Å²) in [5.41, 5.74) is 0.152. The van der Waals surface area contributed by atoms with Gasteiger partial charge in [-0.15, -0.1) is 0 Å². The average molecular weight is 396 g/mol. The van der Waals surface area contributed by atoms with Crippen LogP contribution in [0.4, 0.5) is 19.0 Å². The molecule has 152 valence electrons. The molecule has 0 bridgehead atoms. The lowest BCUT2D eigenvalue weighted by Crippen LogP contribution is -2.42. The van der Waals surface area contributed by atoms with Crippen LogP contribution >= 0.6 is 0 Å². The van der Waals surface area contributed by atoms with Crippen molar-refractivity contribution >= 4 is 11.7 Å². The molecule has 2 aromatic heterocycles. The fourth-order valence-electron chi connectivity index (χ4n) is 3.00. The van der Waals surface area contributed by atoms with Gasteiger partial charge in [0.25, 0.3) is 5.91 Å². The fourth-order valence-corrected chi connectivity index (χ4v) is 3.00. The molecule has 2 N–H and O–H groups in total. The van der Waals surface area contributed by atoms with Crippen LogP contribution in [-0.2, 0) is 11.6 Å². The molecular weight excluding hydrogens is 373 g/mol. The number of nitrogens with one attached hydrogen (secondary N) is 2. The highest BCUT2D eigenvalue weighted by molar-refractivity contribution is 5.92. The van der Waals surface area contributed by atoms with Gasteiger partial charge in [-0.2, -0.15) is 18.3 Å². The van der Waals surface area contributed by atoms with Crippen LogP contribution in [0.2, 0.25) is 0 Å². The molecule has 28 heavy (non-hydrogen) atoms. The number of amides is 1. The molecule has 3 rings (SSSR count). The van der Waals surface area contributed by atoms with E-state index in [1.807, 2.05) is 20.8 Å². The summed E-state index contributed by atoms with van der Waals surface area (Å²) in [4.78, 5) is 21.5. The Kier molecular flexibility index (Phi) is 5.31. The van der Waals surface area contributed by atoms with Gasteiger partial charge >= 0.3 is 6.18 Å². The third kappa shape index (κ3) is 4.60. The summed E-state index contributed by atoms with van der Waals surface area (Å²) in [6.45, 7) is 7.08. The molecule has 2 aromatic rings. The largest absolute Gasteiger partial charge is 0.433 e. The van der Waals surface area contributed by atoms with E-state index < -0.39 is 11.9 Å². The number of piperidine rings is 1. The van der Waals surface area contributed by atoms with Crippen molar-refractivity contribution in [2.75, 3.05) is 18.4 Å². The van der Waals surface area contributed by atoms with Gasteiger partial charge in [-0.1, -0.05) is 20.8 Å². The molecule has 0 spiro atoms. The van der Waals surface area contributed by atoms with E-state index in [1.54, 1.807) is 11.0 Å². The normalized spacial score (nSPS) is 16.3. The number of hydrogen-bond acceptors (Lipinski definition) is 5. The molecule has 0 aliphatic carbocycles. The molecule has 7 nitrogen and oxygen atoms in total. The van der Waals surface area contributed by atoms with Crippen molar-refractivity contribution in [1.29, 1.82) is 0 Å². The second-order valence-electron chi connectivity index (χ2n) is 7.91. The van der Waals surface area contributed by atoms with Gasteiger partial charge in [-0.25, -0.2) is 9.97 Å². The first-order valence-corrected chi connectivity index (χ1v) is 9.05. The van der Waals surface area contributed by atoms with Gasteiger partial charge < -0.3 is 10.2 Å². The number of aromatic amines is 1. The van der Waals surface area contributed by atoms with Crippen LogP contribution in [0.25, 0.3) is 0 Å². The Hall–Kier alpha value is -2.65. The Balaban J connectivity index is 1.57. The number of carbonyl (C=O) groups excluding carboxylic acids is 1. The standard InChI is InChI=1S/C18H23F3N6O/c1-17(2,3)13-8-12(25-26-13)16(28)27-6-4-11(5-7-27)24-15-9-14(18(19,20)21)22-10-23-15/h8-11H,4-7H2,1-3H3,(H,25,26)(H,22,23,24). The van der Waals surface area contributed by atoms with Crippen molar-refractivity contribution < 1.29 is 18.0 Å². The van der Waals surface area contributed by atoms with Crippen LogP contribution in [0.1, 0.15) is 55.5 Å². The highest BCUT2D eigenvalue weighted by Crippen LogP contribution is 2.28. The maximum absolute atomic E-state index is 12.8. The number of anilines is 1. The predicted molar refractivity (Wildman–Crippen MR) is 96.9 cm³/mol. The van der Waals surface area contributed by atoms with Crippen LogP contribution in [0.15, 0.2) is 18.5 Å². The van der Waals surface area contributed by atoms with Crippen molar-refractivity contribution in [1.82, 2.24) is 25.1 Å². The van der Waals surface area contributed by atoms with Gasteiger partial charge in [0.1, 0.15) is 23.5 Å². The highest BCUT2D eigenvalue weighted by atomic mass is 19.4. The molecule has 0 atom stereocenters. The molecule has 1 aliphatic heterocycles. The number of rotatable bonds is 3. The molecule has 3 heterocycles. The van der Waals surface area contributed by atoms with E-state index in [0.29, 0.717) is 31.6 Å². The zero-order valence-corrected chi connectivity index (χ0v) is 16.0. The third-order valence-electron chi connectivity index (χ3n) is 4.70. The van der Waals surface area contributed by atoms with Crippen molar-refractivity contribution in [3.8, 4) is 0 Å². The summed E-state index contributed by atoms with van der Waals surface area (Å²) in [6, 6.07) is 2.60. The molecule has 1 fully saturated rings. The van der Waals surface area contributed by atoms with Crippen LogP contribution in [0, 0.1) is 0 Å². The molecular formula is C18H23F3N6O. The second-order valence-corrected chi connectivity index (χ2v) is 7.91. The summed E-state index contributed by atoms with van der Waals surface area (Å²) in [5.74, 6) is -0.0131. The van der Waals surface area contributed by atoms with Crippen molar-refractivity contribution in [2.45, 2.75) is 51.2 Å². The van der Waals surface area contributed by atoms with E-state index in [4.69, 9.17) is 0 Å². The van der Waals surface area contributed by atoms with Crippen molar-refractivity contribution in [3.05, 3.63) is 35.5 Å². The number of likely N-dealkylation sites (tertiary alicyclic amines) is 1. The molecule has 0 radical (unpaired) electrons. The Labute approximate surface area is 160 Å². The minimum atomic E-state index is -4.51. The number of aromatic nitrogens is 4. The first-order chi connectivity index (χ1) is 13.0. The zero-order valence-electron chi connectivity index (χ0n) is 16.0. The smallest absolute Gasteiger partial charge is 0.367 e. The highest BCUT2D eigenvalue weighted by Gasteiger charge is 2.33. The topological polar surface area (TPSA) is 86.8 Å². The minimum Gasteiger partial charge on any atom is -0.367 e. The Morgan fingerprint density at radius 2 is 1.86 bits per heavy atom. The van der Waals surface area contributed by atoms with E-state index in [1.165, 1.54) is 0 Å². The van der Waals surface area contributed by atoms with E-state index in [9.17, 15) is 18.0 Å². The van der Waals surface area contributed by atoms with Crippen molar-refractivity contribution in [2.24, 2.45) is 0 Å². The predicted octanol–water partition coefficient (Wildman–Crippen LogP) is 3.23. The van der Waals surface area contributed by atoms with Gasteiger partial charge in [0.2, 0.25) is 0 Å². The summed E-state index contributed by atoms with van der Waals surface area (Å²) < 4.78 is 38.3. The summed E-state index contributed by atoms with van der Waals surface area (Å²) in [5, 5.41) is 10.0. The Bertz CT molecular complexity index is 834. The first kappa shape index (κ1) is 20.1. The quantitative estimate of drug-likeness (QED) is 0.832. The van der Waals surface area contributed by atoms with Gasteiger partial charge in [0, 0.05) is 36.3 Å². The number of hydrogen-bond donors (Lipinski definition) is 2. The molecule has 1 aliphatic rings. The van der Waals surface area contributed by atoms with E-state index in [-0.39, 0.29) is 23.2 Å². The average Bonchev–Trinajstić information content (AvgIpc) is 3.12. The van der Waals surface area contributed by atoms with Crippen LogP contribution in [0.5, 0.6) is 0 Å². The molecule has 10 heteroatoms. The van der Waals surface area contributed by atoms with Gasteiger partial charge in [0.15, 0.2) is 0 Å². The second kappa shape index (κ2) is 7.40. The number of nitrogens with zero attached hydrogens (tertiary/aromatic N) is 4. The molecule has 0 unspecified atom stereocenters. The number of carbonyl (C=O) groups is 1. The Morgan fingerprint density at radius 3 is 2.43 bits per heavy atom. The molecule has 0 aromatic carbocycles. The van der Waals surface area contributed by atoms with E-state index in [2.05, 4.69) is 25.5 Å². The number of H-pyrrole nitrogens is 1. The summed E-state index contributed by atoms with van der Waals surface area (Å²) >= 11 is 0. The lowest BCUT2D eigenvalue weighted by molar-refractivity contribution is -0.141. The fraction of sp³-hybridized carbons (Fsp3) is 0.556. The van der Waals surface area contributed by atoms with Crippen LogP contribution in [0.3, 0.4) is 0 Å². The third-order valence-corrected chi connectivity index (χ3v) is 4.70. The first-order valence-electron chi connectivity index (χ1n) is 9.05. The van der Waals surface area contributed by atoms with E-state index >= 15 is 0 Å². The van der Waals surface area contributed by atoms with Crippen LogP contribution in [-0.4, -0.2) is 50.1 Å². The van der Waals surface area contributed by atoms with Gasteiger partial charge in [-0.3, -0.25) is 9.89 Å². The maximum atomic E-state index is 12.8. The molecule has 1 amide bonds. The summed E-state index contributed by atoms with van der Waals surface area (Å²) in [7, 11) is 0. The lowest BCUT2D eigenvalue weighted by atomic mass is 9.92. The Morgan fingerprint density at radius 1 is 1.18 bits per heavy atom. The molecule has 0 saturated carbocycles. The monoisotopic (exact) mass is 396 g/mol. The molecule has 1 saturated heterocycles. The minimum absolute atomic E-state index is 0.0654. The number of alkyl halides is 3. The maximum Gasteiger partial charge on any atom is 0.433 e. The number of halogens is 3. The SMILES string of the molecule is CC(C)(C)c1cc(C(=O)N2CCC(Nc3cc(C(F)(F)F)ncn3)CC2)n[nH]1. The van der Waals surface area contributed by atoms with Crippen molar-refractivity contribution in [3.63, 3.8) is 0 Å². The van der Waals surface area contributed by atoms with E-state index in [0.717, 1.165) is 18.1 Å². The summed E-state index contributed by atoms with van der Waals surface area (Å²) in [6.07, 6.45) is -2.40.